The molecule has 0 saturated heterocycles. The van der Waals surface area contributed by atoms with E-state index in [9.17, 15) is 43.2 Å². The molecule has 0 aliphatic carbocycles. The van der Waals surface area contributed by atoms with E-state index in [1.54, 1.807) is 0 Å². The van der Waals surface area contributed by atoms with Crippen LogP contribution >= 0.6 is 15.6 Å². The summed E-state index contributed by atoms with van der Waals surface area (Å²) in [7, 11) is -9.90. The lowest BCUT2D eigenvalue weighted by Gasteiger charge is -2.21. The second-order valence-corrected chi connectivity index (χ2v) is 29.3. The van der Waals surface area contributed by atoms with Gasteiger partial charge in [0.05, 0.1) is 26.4 Å². The van der Waals surface area contributed by atoms with E-state index >= 15 is 0 Å². The lowest BCUT2D eigenvalue weighted by molar-refractivity contribution is -0.161. The predicted molar refractivity (Wildman–Crippen MR) is 363 cm³/mol. The largest absolute Gasteiger partial charge is 0.472 e. The molecule has 0 radical (unpaired) electrons. The van der Waals surface area contributed by atoms with Crippen LogP contribution in [0.1, 0.15) is 363 Å². The van der Waals surface area contributed by atoms with Crippen LogP contribution in [0, 0.1) is 11.8 Å². The molecule has 3 N–H and O–H groups in total. The zero-order valence-corrected chi connectivity index (χ0v) is 60.2. The number of hydrogen-bond acceptors (Lipinski definition) is 15. The summed E-state index contributed by atoms with van der Waals surface area (Å²) in [6, 6.07) is 0. The molecule has 0 aromatic rings. The Kier molecular flexibility index (Phi) is 61.8. The molecule has 0 aliphatic rings. The molecular weight excluding hydrogens is 1190 g/mol. The van der Waals surface area contributed by atoms with Gasteiger partial charge in [-0.2, -0.15) is 0 Å². The van der Waals surface area contributed by atoms with Gasteiger partial charge in [0.25, 0.3) is 0 Å². The second-order valence-electron chi connectivity index (χ2n) is 26.3. The van der Waals surface area contributed by atoms with E-state index < -0.39 is 97.5 Å². The Bertz CT molecular complexity index is 1750. The minimum Gasteiger partial charge on any atom is -0.462 e. The molecule has 0 aromatic heterocycles. The van der Waals surface area contributed by atoms with Gasteiger partial charge in [0.2, 0.25) is 0 Å². The molecule has 17 nitrogen and oxygen atoms in total. The summed E-state index contributed by atoms with van der Waals surface area (Å²) < 4.78 is 68.3. The highest BCUT2D eigenvalue weighted by atomic mass is 31.2. The number of aliphatic hydroxyl groups is 1. The first kappa shape index (κ1) is 88.1. The number of rotatable bonds is 70. The molecule has 534 valence electrons. The molecule has 0 fully saturated rings. The highest BCUT2D eigenvalue weighted by Gasteiger charge is 2.30. The van der Waals surface area contributed by atoms with Crippen LogP contribution < -0.4 is 0 Å². The SMILES string of the molecule is CCCCCCCCCCCCCCC(=O)OC[C@H](COP(=O)(O)OC[C@@H](O)COP(=O)(O)OC[C@@H](COC(=O)CCCCCCCCC(C)C)OC(=O)CCCCCCCCCCCCC)OC(=O)CCCCCCCCCCCCCCCCC(C)CC. The molecule has 0 rings (SSSR count). The summed E-state index contributed by atoms with van der Waals surface area (Å²) >= 11 is 0. The molecule has 0 amide bonds. The lowest BCUT2D eigenvalue weighted by Crippen LogP contribution is -2.30. The lowest BCUT2D eigenvalue weighted by atomic mass is 9.99. The van der Waals surface area contributed by atoms with Gasteiger partial charge in [-0.3, -0.25) is 37.3 Å². The number of phosphoric acid groups is 2. The Morgan fingerprint density at radius 2 is 0.567 bits per heavy atom. The Balaban J connectivity index is 5.22. The van der Waals surface area contributed by atoms with E-state index in [0.29, 0.717) is 31.6 Å². The standard InChI is InChI=1S/C71H138O17P2/c1-7-10-12-14-16-18-20-27-30-34-41-47-53-68(73)81-59-66(87-71(76)56-50-44-36-32-28-24-22-21-23-26-29-33-40-46-52-64(6)9-3)61-85-89(77,78)83-57-65(72)58-84-90(79,80)86-62-67(60-82-69(74)54-48-42-38-37-39-45-51-63(4)5)88-70(75)55-49-43-35-31-25-19-17-15-13-11-8-2/h63-67,72H,7-62H2,1-6H3,(H,77,78)(H,79,80)/t64?,65-,66-,67-/m1/s1. The first-order chi connectivity index (χ1) is 43.4. The van der Waals surface area contributed by atoms with Gasteiger partial charge >= 0.3 is 39.5 Å². The van der Waals surface area contributed by atoms with E-state index in [1.165, 1.54) is 173 Å². The maximum Gasteiger partial charge on any atom is 0.472 e. The number of hydrogen-bond donors (Lipinski definition) is 3. The summed E-state index contributed by atoms with van der Waals surface area (Å²) in [5, 5.41) is 10.6. The monoisotopic (exact) mass is 1320 g/mol. The van der Waals surface area contributed by atoms with Crippen molar-refractivity contribution in [2.24, 2.45) is 11.8 Å². The number of phosphoric ester groups is 2. The third kappa shape index (κ3) is 63.5. The quantitative estimate of drug-likeness (QED) is 0.0222. The van der Waals surface area contributed by atoms with Gasteiger partial charge in [0, 0.05) is 25.7 Å². The van der Waals surface area contributed by atoms with E-state index in [1.807, 2.05) is 0 Å². The average Bonchev–Trinajstić information content (AvgIpc) is 3.68. The molecule has 0 aromatic carbocycles. The van der Waals surface area contributed by atoms with Crippen molar-refractivity contribution in [2.45, 2.75) is 381 Å². The first-order valence-electron chi connectivity index (χ1n) is 37.0. The average molecular weight is 1330 g/mol. The van der Waals surface area contributed by atoms with Crippen LogP contribution in [0.25, 0.3) is 0 Å². The Morgan fingerprint density at radius 1 is 0.322 bits per heavy atom. The normalized spacial score (nSPS) is 14.4. The fourth-order valence-electron chi connectivity index (χ4n) is 10.7. The maximum absolute atomic E-state index is 13.0. The van der Waals surface area contributed by atoms with E-state index in [-0.39, 0.29) is 25.7 Å². The van der Waals surface area contributed by atoms with Crippen LogP contribution in [0.4, 0.5) is 0 Å². The van der Waals surface area contributed by atoms with Gasteiger partial charge in [-0.15, -0.1) is 0 Å². The fraction of sp³-hybridized carbons (Fsp3) is 0.944. The first-order valence-corrected chi connectivity index (χ1v) is 40.0. The van der Waals surface area contributed by atoms with Crippen LogP contribution in [0.15, 0.2) is 0 Å². The van der Waals surface area contributed by atoms with Gasteiger partial charge in [0.15, 0.2) is 12.2 Å². The number of carbonyl (C=O) groups excluding carboxylic acids is 4. The van der Waals surface area contributed by atoms with Crippen LogP contribution in [0.2, 0.25) is 0 Å². The van der Waals surface area contributed by atoms with Gasteiger partial charge in [-0.25, -0.2) is 9.13 Å². The zero-order chi connectivity index (χ0) is 66.5. The van der Waals surface area contributed by atoms with Crippen molar-refractivity contribution in [3.63, 3.8) is 0 Å². The molecule has 0 saturated carbocycles. The third-order valence-corrected chi connectivity index (χ3v) is 18.7. The second kappa shape index (κ2) is 63.1. The van der Waals surface area contributed by atoms with Gasteiger partial charge < -0.3 is 33.8 Å². The van der Waals surface area contributed by atoms with Crippen molar-refractivity contribution >= 4 is 39.5 Å². The van der Waals surface area contributed by atoms with Crippen LogP contribution in [0.3, 0.4) is 0 Å². The van der Waals surface area contributed by atoms with E-state index in [0.717, 1.165) is 102 Å². The van der Waals surface area contributed by atoms with Crippen LogP contribution in [-0.4, -0.2) is 96.7 Å². The minimum atomic E-state index is -4.95. The number of unbranched alkanes of at least 4 members (excludes halogenated alkanes) is 39. The molecule has 6 atom stereocenters. The Hall–Kier alpha value is -1.94. The molecule has 0 bridgehead atoms. The van der Waals surface area contributed by atoms with Crippen LogP contribution in [-0.2, 0) is 65.4 Å². The Morgan fingerprint density at radius 3 is 0.844 bits per heavy atom. The molecule has 19 heteroatoms. The van der Waals surface area contributed by atoms with Crippen molar-refractivity contribution in [1.82, 2.24) is 0 Å². The zero-order valence-electron chi connectivity index (χ0n) is 58.4. The summed E-state index contributed by atoms with van der Waals surface area (Å²) in [5.41, 5.74) is 0. The van der Waals surface area contributed by atoms with E-state index in [4.69, 9.17) is 37.0 Å². The Labute approximate surface area is 549 Å². The van der Waals surface area contributed by atoms with Gasteiger partial charge in [-0.05, 0) is 37.5 Å². The summed E-state index contributed by atoms with van der Waals surface area (Å²) in [5.74, 6) is -0.598. The van der Waals surface area contributed by atoms with Crippen molar-refractivity contribution in [3.8, 4) is 0 Å². The van der Waals surface area contributed by atoms with Crippen molar-refractivity contribution < 1.29 is 80.2 Å². The smallest absolute Gasteiger partial charge is 0.462 e. The van der Waals surface area contributed by atoms with Crippen molar-refractivity contribution in [2.75, 3.05) is 39.6 Å². The maximum atomic E-state index is 13.0. The van der Waals surface area contributed by atoms with Gasteiger partial charge in [0.1, 0.15) is 19.3 Å². The molecule has 0 heterocycles. The van der Waals surface area contributed by atoms with E-state index in [2.05, 4.69) is 41.5 Å². The third-order valence-electron chi connectivity index (χ3n) is 16.8. The highest BCUT2D eigenvalue weighted by Crippen LogP contribution is 2.45. The molecular formula is C71H138O17P2. The van der Waals surface area contributed by atoms with Crippen LogP contribution in [0.5, 0.6) is 0 Å². The van der Waals surface area contributed by atoms with Crippen molar-refractivity contribution in [3.05, 3.63) is 0 Å². The summed E-state index contributed by atoms with van der Waals surface area (Å²) in [4.78, 5) is 72.5. The van der Waals surface area contributed by atoms with Crippen molar-refractivity contribution in [1.29, 1.82) is 0 Å². The molecule has 0 spiro atoms. The molecule has 0 aliphatic heterocycles. The number of aliphatic hydroxyl groups excluding tert-OH is 1. The fourth-order valence-corrected chi connectivity index (χ4v) is 12.3. The number of esters is 4. The predicted octanol–water partition coefficient (Wildman–Crippen LogP) is 20.4. The van der Waals surface area contributed by atoms with Gasteiger partial charge in [-0.1, -0.05) is 311 Å². The minimum absolute atomic E-state index is 0.106. The number of ether oxygens (including phenoxy) is 4. The molecule has 90 heavy (non-hydrogen) atoms. The summed E-state index contributed by atoms with van der Waals surface area (Å²) in [6.07, 6.45) is 48.6. The number of carbonyl (C=O) groups is 4. The topological polar surface area (TPSA) is 237 Å². The summed E-state index contributed by atoms with van der Waals surface area (Å²) in [6.45, 7) is 9.52. The highest BCUT2D eigenvalue weighted by molar-refractivity contribution is 7.47. The molecule has 3 unspecified atom stereocenters.